The zero-order valence-corrected chi connectivity index (χ0v) is 16.9. The molecule has 0 aliphatic heterocycles. The molecule has 0 fully saturated rings. The molecule has 0 aliphatic carbocycles. The van der Waals surface area contributed by atoms with Crippen LogP contribution in [-0.4, -0.2) is 43.0 Å². The first-order valence-electron chi connectivity index (χ1n) is 8.67. The highest BCUT2D eigenvalue weighted by atomic mass is 79.9. The van der Waals surface area contributed by atoms with Crippen molar-refractivity contribution in [1.29, 1.82) is 0 Å². The molecule has 0 bridgehead atoms. The monoisotopic (exact) mass is 433 g/mol. The number of hydrogen-bond acceptors (Lipinski definition) is 5. The molecule has 5 nitrogen and oxygen atoms in total. The van der Waals surface area contributed by atoms with Gasteiger partial charge in [-0.15, -0.1) is 0 Å². The number of carbonyl (C=O) groups is 1. The van der Waals surface area contributed by atoms with Gasteiger partial charge < -0.3 is 14.6 Å². The molecule has 0 aromatic heterocycles. The first kappa shape index (κ1) is 21.0. The van der Waals surface area contributed by atoms with E-state index in [0.717, 1.165) is 30.5 Å². The quantitative estimate of drug-likeness (QED) is 0.464. The molecule has 0 saturated carbocycles. The number of methoxy groups -OCH3 is 1. The third-order valence-electron chi connectivity index (χ3n) is 3.97. The molecule has 2 aromatic carbocycles. The number of carbonyl (C=O) groups excluding carboxylic acids is 1. The number of aromatic hydroxyl groups is 1. The summed E-state index contributed by atoms with van der Waals surface area (Å²) in [5.74, 6) is 0.277. The fraction of sp³-hybridized carbons (Fsp3) is 0.286. The van der Waals surface area contributed by atoms with E-state index in [1.807, 2.05) is 36.4 Å². The minimum Gasteiger partial charge on any atom is -0.508 e. The van der Waals surface area contributed by atoms with Gasteiger partial charge in [-0.2, -0.15) is 0 Å². The predicted octanol–water partition coefficient (Wildman–Crippen LogP) is 4.54. The number of nitrogens with zero attached hydrogens (tertiary/aromatic N) is 1. The molecule has 0 unspecified atom stereocenters. The molecule has 0 spiro atoms. The summed E-state index contributed by atoms with van der Waals surface area (Å²) in [4.78, 5) is 13.3. The Morgan fingerprint density at radius 2 is 1.74 bits per heavy atom. The zero-order valence-electron chi connectivity index (χ0n) is 15.3. The summed E-state index contributed by atoms with van der Waals surface area (Å²) in [6.45, 7) is 2.60. The smallest absolute Gasteiger partial charge is 0.508 e. The van der Waals surface area contributed by atoms with E-state index in [0.29, 0.717) is 0 Å². The first-order chi connectivity index (χ1) is 13.1. The van der Waals surface area contributed by atoms with Crippen molar-refractivity contribution >= 4 is 22.1 Å². The summed E-state index contributed by atoms with van der Waals surface area (Å²) in [6, 6.07) is 15.6. The van der Waals surface area contributed by atoms with Gasteiger partial charge in [0.2, 0.25) is 0 Å². The Balaban J connectivity index is 1.92. The van der Waals surface area contributed by atoms with Crippen LogP contribution in [0, 0.1) is 0 Å². The lowest BCUT2D eigenvalue weighted by molar-refractivity contribution is 0.0817. The van der Waals surface area contributed by atoms with Crippen molar-refractivity contribution in [2.45, 2.75) is 13.0 Å². The fourth-order valence-electron chi connectivity index (χ4n) is 2.50. The molecule has 27 heavy (non-hydrogen) atoms. The van der Waals surface area contributed by atoms with Crippen molar-refractivity contribution < 1.29 is 19.4 Å². The van der Waals surface area contributed by atoms with E-state index in [2.05, 4.69) is 37.7 Å². The largest absolute Gasteiger partial charge is 0.508 e. The Labute approximate surface area is 168 Å². The Bertz CT molecular complexity index is 729. The van der Waals surface area contributed by atoms with Gasteiger partial charge in [0, 0.05) is 24.1 Å². The summed E-state index contributed by atoms with van der Waals surface area (Å²) < 4.78 is 10.3. The van der Waals surface area contributed by atoms with Crippen molar-refractivity contribution in [1.82, 2.24) is 4.90 Å². The van der Waals surface area contributed by atoms with Gasteiger partial charge >= 0.3 is 6.16 Å². The van der Waals surface area contributed by atoms with E-state index in [9.17, 15) is 9.90 Å². The molecule has 0 aliphatic rings. The van der Waals surface area contributed by atoms with Gasteiger partial charge in [0.1, 0.15) is 12.4 Å². The van der Waals surface area contributed by atoms with Crippen molar-refractivity contribution in [3.63, 3.8) is 0 Å². The standard InChI is InChI=1S/C21H24BrNO4/c1-26-21(25)27-15-3-2-13-23(16-18-4-8-19(22)9-5-18)14-12-17-6-10-20(24)11-7-17/h2-11,24H,12-16H2,1H3/b3-2+. The van der Waals surface area contributed by atoms with Crippen molar-refractivity contribution in [2.75, 3.05) is 26.8 Å². The molecule has 1 N–H and O–H groups in total. The van der Waals surface area contributed by atoms with Crippen molar-refractivity contribution in [2.24, 2.45) is 0 Å². The normalized spacial score (nSPS) is 11.1. The summed E-state index contributed by atoms with van der Waals surface area (Å²) in [5, 5.41) is 9.41. The van der Waals surface area contributed by atoms with Crippen LogP contribution in [0.25, 0.3) is 0 Å². The molecule has 2 aromatic rings. The van der Waals surface area contributed by atoms with Crippen LogP contribution >= 0.6 is 15.9 Å². The topological polar surface area (TPSA) is 59.0 Å². The molecule has 0 atom stereocenters. The van der Waals surface area contributed by atoms with Crippen molar-refractivity contribution in [3.8, 4) is 5.75 Å². The first-order valence-corrected chi connectivity index (χ1v) is 9.46. The fourth-order valence-corrected chi connectivity index (χ4v) is 2.76. The summed E-state index contributed by atoms with van der Waals surface area (Å²) in [6.07, 6.45) is 3.99. The number of phenolic OH excluding ortho intramolecular Hbond substituents is 1. The van der Waals surface area contributed by atoms with E-state index in [4.69, 9.17) is 4.74 Å². The minimum atomic E-state index is -0.682. The zero-order chi connectivity index (χ0) is 19.5. The number of rotatable bonds is 9. The molecule has 0 heterocycles. The van der Waals surface area contributed by atoms with Crippen LogP contribution in [0.5, 0.6) is 5.75 Å². The maximum atomic E-state index is 11.0. The van der Waals surface area contributed by atoms with Crippen LogP contribution in [0.1, 0.15) is 11.1 Å². The number of benzene rings is 2. The summed E-state index contributed by atoms with van der Waals surface area (Å²) >= 11 is 3.46. The Morgan fingerprint density at radius 1 is 1.07 bits per heavy atom. The number of ether oxygens (including phenoxy) is 2. The minimum absolute atomic E-state index is 0.191. The van der Waals surface area contributed by atoms with E-state index in [1.54, 1.807) is 12.1 Å². The molecule has 0 amide bonds. The van der Waals surface area contributed by atoms with E-state index in [-0.39, 0.29) is 12.4 Å². The van der Waals surface area contributed by atoms with E-state index < -0.39 is 6.16 Å². The Hall–Kier alpha value is -2.31. The van der Waals surface area contributed by atoms with Crippen LogP contribution in [0.2, 0.25) is 0 Å². The maximum Gasteiger partial charge on any atom is 0.508 e. The van der Waals surface area contributed by atoms with Gasteiger partial charge in [-0.3, -0.25) is 4.90 Å². The van der Waals surface area contributed by atoms with Gasteiger partial charge in [0.25, 0.3) is 0 Å². The van der Waals surface area contributed by atoms with Gasteiger partial charge in [0.05, 0.1) is 7.11 Å². The number of halogens is 1. The van der Waals surface area contributed by atoms with Crippen LogP contribution in [0.15, 0.2) is 65.2 Å². The third-order valence-corrected chi connectivity index (χ3v) is 4.50. The Kier molecular flexibility index (Phi) is 8.87. The van der Waals surface area contributed by atoms with E-state index >= 15 is 0 Å². The highest BCUT2D eigenvalue weighted by molar-refractivity contribution is 9.10. The molecule has 0 saturated heterocycles. The maximum absolute atomic E-state index is 11.0. The Morgan fingerprint density at radius 3 is 2.41 bits per heavy atom. The second kappa shape index (κ2) is 11.4. The molecule has 2 rings (SSSR count). The lowest BCUT2D eigenvalue weighted by Gasteiger charge is -2.21. The second-order valence-electron chi connectivity index (χ2n) is 6.01. The SMILES string of the molecule is COC(=O)OC/C=C/CN(CCc1ccc(O)cc1)Cc1ccc(Br)cc1. The summed E-state index contributed by atoms with van der Waals surface area (Å²) in [5.41, 5.74) is 2.40. The van der Waals surface area contributed by atoms with Gasteiger partial charge in [-0.1, -0.05) is 46.3 Å². The second-order valence-corrected chi connectivity index (χ2v) is 6.93. The number of hydrogen-bond donors (Lipinski definition) is 1. The molecule has 144 valence electrons. The predicted molar refractivity (Wildman–Crippen MR) is 109 cm³/mol. The molecular weight excluding hydrogens is 410 g/mol. The van der Waals surface area contributed by atoms with Gasteiger partial charge in [-0.25, -0.2) is 4.79 Å². The van der Waals surface area contributed by atoms with Crippen molar-refractivity contribution in [3.05, 3.63) is 76.3 Å². The average molecular weight is 434 g/mol. The molecular formula is C21H24BrNO4. The van der Waals surface area contributed by atoms with Crippen LogP contribution in [0.3, 0.4) is 0 Å². The lowest BCUT2D eigenvalue weighted by atomic mass is 10.1. The number of phenols is 1. The van der Waals surface area contributed by atoms with E-state index in [1.165, 1.54) is 18.2 Å². The average Bonchev–Trinajstić information content (AvgIpc) is 2.68. The van der Waals surface area contributed by atoms with Crippen LogP contribution in [-0.2, 0) is 22.4 Å². The van der Waals surface area contributed by atoms with Crippen LogP contribution < -0.4 is 0 Å². The highest BCUT2D eigenvalue weighted by Crippen LogP contribution is 2.14. The highest BCUT2D eigenvalue weighted by Gasteiger charge is 2.06. The van der Waals surface area contributed by atoms with Crippen LogP contribution in [0.4, 0.5) is 4.79 Å². The lowest BCUT2D eigenvalue weighted by Crippen LogP contribution is -2.26. The van der Waals surface area contributed by atoms with Gasteiger partial charge in [0.15, 0.2) is 0 Å². The third kappa shape index (κ3) is 8.28. The molecule has 6 heteroatoms. The summed E-state index contributed by atoms with van der Waals surface area (Å²) in [7, 11) is 1.29. The van der Waals surface area contributed by atoms with Gasteiger partial charge in [-0.05, 0) is 47.9 Å². The molecule has 0 radical (unpaired) electrons.